The minimum atomic E-state index is -4.63. The van der Waals surface area contributed by atoms with E-state index >= 15 is 0 Å². The molecule has 14 heteroatoms. The first-order valence-electron chi connectivity index (χ1n) is 14.5. The molecule has 0 spiro atoms. The molecular formula is C30H41F4N5O5. The number of urea groups is 1. The van der Waals surface area contributed by atoms with E-state index in [0.717, 1.165) is 17.7 Å². The van der Waals surface area contributed by atoms with Gasteiger partial charge in [0.1, 0.15) is 25.4 Å². The maximum atomic E-state index is 13.9. The molecular weight excluding hydrogens is 586 g/mol. The molecule has 0 bridgehead atoms. The van der Waals surface area contributed by atoms with Crippen LogP contribution in [0.5, 0.6) is 0 Å². The van der Waals surface area contributed by atoms with Crippen LogP contribution in [0.3, 0.4) is 0 Å². The molecule has 10 nitrogen and oxygen atoms in total. The molecule has 2 saturated carbocycles. The largest absolute Gasteiger partial charge is 0.410 e. The first kappa shape index (κ1) is 34.8. The molecule has 4 amide bonds. The Bertz CT molecular complexity index is 1190. The number of allylic oxidation sites excluding steroid dienone is 2. The first-order chi connectivity index (χ1) is 20.8. The van der Waals surface area contributed by atoms with Gasteiger partial charge in [0.15, 0.2) is 0 Å². The summed E-state index contributed by atoms with van der Waals surface area (Å²) in [5.41, 5.74) is 0.897. The highest BCUT2D eigenvalue weighted by Gasteiger charge is 2.48. The van der Waals surface area contributed by atoms with Crippen LogP contribution in [0.4, 0.5) is 22.4 Å². The van der Waals surface area contributed by atoms with Gasteiger partial charge in [0.2, 0.25) is 5.91 Å². The molecule has 1 heterocycles. The SMILES string of the molecule is C=C(/C=C(\C=C/C)C(COC)N1CC(C(F)(F)F)NC1=O)NC(=O)C(NC(=O)C(=C)/C(=N\OC)C1CC1)C1CCC(F)CC1. The lowest BCUT2D eigenvalue weighted by molar-refractivity contribution is -0.150. The van der Waals surface area contributed by atoms with Crippen LogP contribution in [0.25, 0.3) is 0 Å². The van der Waals surface area contributed by atoms with Gasteiger partial charge >= 0.3 is 12.2 Å². The molecule has 0 aromatic rings. The van der Waals surface area contributed by atoms with Crippen LogP contribution >= 0.6 is 0 Å². The molecule has 1 aliphatic heterocycles. The Balaban J connectivity index is 1.81. The molecule has 3 N–H and O–H groups in total. The van der Waals surface area contributed by atoms with Gasteiger partial charge in [0.05, 0.1) is 30.5 Å². The zero-order chi connectivity index (χ0) is 32.6. The average Bonchev–Trinajstić information content (AvgIpc) is 3.73. The molecule has 3 rings (SSSR count). The second-order valence-electron chi connectivity index (χ2n) is 11.2. The number of hydrogen-bond donors (Lipinski definition) is 3. The summed E-state index contributed by atoms with van der Waals surface area (Å²) in [6.07, 6.45) is 1.89. The third-order valence-electron chi connectivity index (χ3n) is 7.88. The summed E-state index contributed by atoms with van der Waals surface area (Å²) in [6, 6.07) is -4.95. The standard InChI is InChI=1S/C30H41F4N5O5/c1-6-7-21(23(16-43-4)39-15-24(30(32,33)34)36-29(39)42)14-17(2)35-28(41)26(20-10-12-22(31)13-11-20)37-27(40)18(3)25(38-44-5)19-8-9-19/h6-7,14,19-20,22-24,26H,2-3,8-13,15-16H2,1,4-5H3,(H,35,41)(H,36,42)(H,37,40)/b7-6-,21-14+,38-25+. The Morgan fingerprint density at radius 2 is 1.82 bits per heavy atom. The summed E-state index contributed by atoms with van der Waals surface area (Å²) in [4.78, 5) is 45.2. The van der Waals surface area contributed by atoms with Crippen molar-refractivity contribution in [3.63, 3.8) is 0 Å². The summed E-state index contributed by atoms with van der Waals surface area (Å²) < 4.78 is 59.2. The van der Waals surface area contributed by atoms with Crippen molar-refractivity contribution in [3.8, 4) is 0 Å². The lowest BCUT2D eigenvalue weighted by atomic mass is 9.82. The Labute approximate surface area is 254 Å². The topological polar surface area (TPSA) is 121 Å². The van der Waals surface area contributed by atoms with Crippen LogP contribution in [0, 0.1) is 11.8 Å². The van der Waals surface area contributed by atoms with Crippen LogP contribution in [0.15, 0.2) is 53.4 Å². The molecule has 2 aliphatic carbocycles. The number of hydrogen-bond acceptors (Lipinski definition) is 6. The molecule has 3 fully saturated rings. The Morgan fingerprint density at radius 1 is 1.16 bits per heavy atom. The van der Waals surface area contributed by atoms with Gasteiger partial charge in [-0.05, 0) is 63.0 Å². The van der Waals surface area contributed by atoms with Crippen LogP contribution in [0.2, 0.25) is 0 Å². The van der Waals surface area contributed by atoms with Crippen LogP contribution in [0.1, 0.15) is 45.4 Å². The zero-order valence-electron chi connectivity index (χ0n) is 25.2. The Morgan fingerprint density at radius 3 is 2.34 bits per heavy atom. The predicted molar refractivity (Wildman–Crippen MR) is 156 cm³/mol. The fourth-order valence-electron chi connectivity index (χ4n) is 5.44. The number of halogens is 4. The van der Waals surface area contributed by atoms with Crippen molar-refractivity contribution in [2.75, 3.05) is 27.4 Å². The number of methoxy groups -OCH3 is 1. The molecule has 0 radical (unpaired) electrons. The van der Waals surface area contributed by atoms with Crippen molar-refractivity contribution in [2.45, 2.75) is 75.9 Å². The summed E-state index contributed by atoms with van der Waals surface area (Å²) in [6.45, 7) is 8.67. The van der Waals surface area contributed by atoms with Crippen LogP contribution in [-0.2, 0) is 19.2 Å². The molecule has 0 aromatic heterocycles. The van der Waals surface area contributed by atoms with E-state index in [0.29, 0.717) is 24.1 Å². The maximum absolute atomic E-state index is 13.9. The highest BCUT2D eigenvalue weighted by Crippen LogP contribution is 2.34. The maximum Gasteiger partial charge on any atom is 0.410 e. The highest BCUT2D eigenvalue weighted by atomic mass is 19.4. The monoisotopic (exact) mass is 627 g/mol. The van der Waals surface area contributed by atoms with Crippen LogP contribution < -0.4 is 16.0 Å². The molecule has 3 unspecified atom stereocenters. The molecule has 44 heavy (non-hydrogen) atoms. The van der Waals surface area contributed by atoms with E-state index in [1.54, 1.807) is 19.1 Å². The van der Waals surface area contributed by atoms with Gasteiger partial charge in [-0.25, -0.2) is 9.18 Å². The zero-order valence-corrected chi connectivity index (χ0v) is 25.2. The molecule has 3 aliphatic rings. The van der Waals surface area contributed by atoms with E-state index in [9.17, 15) is 31.9 Å². The number of ether oxygens (including phenoxy) is 1. The number of nitrogens with one attached hydrogen (secondary N) is 3. The lowest BCUT2D eigenvalue weighted by Gasteiger charge is -2.32. The van der Waals surface area contributed by atoms with Gasteiger partial charge in [-0.1, -0.05) is 30.5 Å². The number of carbonyl (C=O) groups excluding carboxylic acids is 3. The van der Waals surface area contributed by atoms with Gasteiger partial charge < -0.3 is 30.4 Å². The Hall–Kier alpha value is -3.68. The van der Waals surface area contributed by atoms with Crippen molar-refractivity contribution in [1.82, 2.24) is 20.9 Å². The van der Waals surface area contributed by atoms with Crippen molar-refractivity contribution < 1.29 is 41.5 Å². The normalized spacial score (nSPS) is 24.5. The number of rotatable bonds is 14. The van der Waals surface area contributed by atoms with Gasteiger partial charge in [-0.3, -0.25) is 9.59 Å². The number of nitrogens with zero attached hydrogens (tertiary/aromatic N) is 2. The van der Waals surface area contributed by atoms with E-state index in [1.165, 1.54) is 20.3 Å². The fourth-order valence-corrected chi connectivity index (χ4v) is 5.44. The molecule has 3 atom stereocenters. The van der Waals surface area contributed by atoms with E-state index in [1.807, 2.05) is 5.32 Å². The Kier molecular flexibility index (Phi) is 12.1. The van der Waals surface area contributed by atoms with E-state index in [-0.39, 0.29) is 42.6 Å². The van der Waals surface area contributed by atoms with Gasteiger partial charge in [0.25, 0.3) is 5.91 Å². The smallest absolute Gasteiger partial charge is 0.399 e. The second kappa shape index (κ2) is 15.4. The summed E-state index contributed by atoms with van der Waals surface area (Å²) in [7, 11) is 2.72. The average molecular weight is 628 g/mol. The second-order valence-corrected chi connectivity index (χ2v) is 11.2. The first-order valence-corrected chi connectivity index (χ1v) is 14.5. The predicted octanol–water partition coefficient (Wildman–Crippen LogP) is 4.07. The van der Waals surface area contributed by atoms with Crippen molar-refractivity contribution in [1.29, 1.82) is 0 Å². The van der Waals surface area contributed by atoms with Crippen molar-refractivity contribution in [3.05, 3.63) is 48.2 Å². The fraction of sp³-hybridized carbons (Fsp3) is 0.600. The number of carbonyl (C=O) groups is 3. The van der Waals surface area contributed by atoms with Gasteiger partial charge in [-0.15, -0.1) is 0 Å². The van der Waals surface area contributed by atoms with Gasteiger partial charge in [-0.2, -0.15) is 13.2 Å². The van der Waals surface area contributed by atoms with E-state index in [4.69, 9.17) is 9.57 Å². The third-order valence-corrected chi connectivity index (χ3v) is 7.88. The number of amides is 4. The molecule has 1 saturated heterocycles. The molecule has 0 aromatic carbocycles. The molecule has 244 valence electrons. The van der Waals surface area contributed by atoms with Gasteiger partial charge in [0, 0.05) is 18.7 Å². The van der Waals surface area contributed by atoms with E-state index in [2.05, 4.69) is 28.9 Å². The summed E-state index contributed by atoms with van der Waals surface area (Å²) >= 11 is 0. The summed E-state index contributed by atoms with van der Waals surface area (Å²) in [5, 5.41) is 11.3. The highest BCUT2D eigenvalue weighted by molar-refractivity contribution is 6.22. The quantitative estimate of drug-likeness (QED) is 0.0882. The summed E-state index contributed by atoms with van der Waals surface area (Å²) in [5.74, 6) is -1.54. The van der Waals surface area contributed by atoms with Crippen LogP contribution in [-0.4, -0.2) is 86.3 Å². The van der Waals surface area contributed by atoms with Crippen molar-refractivity contribution in [2.24, 2.45) is 17.0 Å². The van der Waals surface area contributed by atoms with Crippen molar-refractivity contribution >= 4 is 23.6 Å². The lowest BCUT2D eigenvalue weighted by Crippen LogP contribution is -2.52. The number of oxime groups is 1. The van der Waals surface area contributed by atoms with E-state index < -0.39 is 54.9 Å². The third kappa shape index (κ3) is 9.16. The minimum Gasteiger partial charge on any atom is -0.399 e. The minimum absolute atomic E-state index is 0.0431. The number of alkyl halides is 4.